The van der Waals surface area contributed by atoms with Crippen molar-refractivity contribution in [3.8, 4) is 5.69 Å². The molecule has 0 saturated heterocycles. The fourth-order valence-electron chi connectivity index (χ4n) is 2.85. The van der Waals surface area contributed by atoms with Gasteiger partial charge >= 0.3 is 5.97 Å². The van der Waals surface area contributed by atoms with Gasteiger partial charge in [0.15, 0.2) is 0 Å². The SMILES string of the molecule is CC(C)OC(=O)CC(NC(=O)c1ccc(-n2ccnc2)cc1)c1ccccc1. The number of hydrogen-bond donors (Lipinski definition) is 1. The Hall–Kier alpha value is -3.41. The highest BCUT2D eigenvalue weighted by atomic mass is 16.5. The first kappa shape index (κ1) is 19.4. The molecule has 0 fully saturated rings. The Bertz CT molecular complexity index is 904. The molecule has 1 N–H and O–H groups in total. The first-order chi connectivity index (χ1) is 13.5. The summed E-state index contributed by atoms with van der Waals surface area (Å²) >= 11 is 0. The van der Waals surface area contributed by atoms with Crippen LogP contribution < -0.4 is 5.32 Å². The highest BCUT2D eigenvalue weighted by Crippen LogP contribution is 2.19. The zero-order valence-corrected chi connectivity index (χ0v) is 15.9. The molecule has 28 heavy (non-hydrogen) atoms. The quantitative estimate of drug-likeness (QED) is 0.638. The minimum Gasteiger partial charge on any atom is -0.463 e. The topological polar surface area (TPSA) is 73.2 Å². The molecule has 0 spiro atoms. The molecule has 0 aliphatic rings. The van der Waals surface area contributed by atoms with Gasteiger partial charge in [0, 0.05) is 23.6 Å². The van der Waals surface area contributed by atoms with Crippen LogP contribution in [0, 0.1) is 0 Å². The van der Waals surface area contributed by atoms with Crippen molar-refractivity contribution >= 4 is 11.9 Å². The van der Waals surface area contributed by atoms with Gasteiger partial charge in [-0.3, -0.25) is 9.59 Å². The fourth-order valence-corrected chi connectivity index (χ4v) is 2.85. The number of carbonyl (C=O) groups is 2. The Labute approximate surface area is 164 Å². The van der Waals surface area contributed by atoms with E-state index in [1.807, 2.05) is 53.2 Å². The summed E-state index contributed by atoms with van der Waals surface area (Å²) in [6.07, 6.45) is 5.10. The van der Waals surface area contributed by atoms with Crippen LogP contribution in [-0.2, 0) is 9.53 Å². The molecular weight excluding hydrogens is 354 g/mol. The molecule has 3 rings (SSSR count). The molecule has 3 aromatic rings. The Morgan fingerprint density at radius 1 is 1.07 bits per heavy atom. The van der Waals surface area contributed by atoms with E-state index in [1.165, 1.54) is 0 Å². The minimum absolute atomic E-state index is 0.0705. The summed E-state index contributed by atoms with van der Waals surface area (Å²) in [5, 5.41) is 2.95. The molecule has 144 valence electrons. The third-order valence-corrected chi connectivity index (χ3v) is 4.18. The predicted octanol–water partition coefficient (Wildman–Crippen LogP) is 3.69. The first-order valence-corrected chi connectivity index (χ1v) is 9.16. The zero-order chi connectivity index (χ0) is 19.9. The summed E-state index contributed by atoms with van der Waals surface area (Å²) in [5.74, 6) is -0.594. The Morgan fingerprint density at radius 3 is 2.39 bits per heavy atom. The summed E-state index contributed by atoms with van der Waals surface area (Å²) in [5.41, 5.74) is 2.28. The molecular formula is C22H23N3O3. The lowest BCUT2D eigenvalue weighted by atomic mass is 10.0. The number of amides is 1. The van der Waals surface area contributed by atoms with Gasteiger partial charge in [0.1, 0.15) is 0 Å². The van der Waals surface area contributed by atoms with Gasteiger partial charge in [-0.2, -0.15) is 0 Å². The van der Waals surface area contributed by atoms with Gasteiger partial charge in [0.05, 0.1) is 24.9 Å². The lowest BCUT2D eigenvalue weighted by molar-refractivity contribution is -0.147. The van der Waals surface area contributed by atoms with Crippen LogP contribution in [0.5, 0.6) is 0 Å². The lowest BCUT2D eigenvalue weighted by Gasteiger charge is -2.19. The van der Waals surface area contributed by atoms with Crippen LogP contribution >= 0.6 is 0 Å². The maximum Gasteiger partial charge on any atom is 0.308 e. The van der Waals surface area contributed by atoms with E-state index in [0.717, 1.165) is 11.3 Å². The van der Waals surface area contributed by atoms with Crippen LogP contribution in [-0.4, -0.2) is 27.5 Å². The molecule has 1 aromatic heterocycles. The van der Waals surface area contributed by atoms with Crippen molar-refractivity contribution in [2.75, 3.05) is 0 Å². The number of benzene rings is 2. The largest absolute Gasteiger partial charge is 0.463 e. The van der Waals surface area contributed by atoms with E-state index in [-0.39, 0.29) is 24.4 Å². The maximum atomic E-state index is 12.7. The number of rotatable bonds is 7. The number of nitrogens with zero attached hydrogens (tertiary/aromatic N) is 2. The minimum atomic E-state index is -0.465. The number of esters is 1. The van der Waals surface area contributed by atoms with E-state index >= 15 is 0 Å². The monoisotopic (exact) mass is 377 g/mol. The van der Waals surface area contributed by atoms with Crippen molar-refractivity contribution in [1.82, 2.24) is 14.9 Å². The van der Waals surface area contributed by atoms with Gasteiger partial charge in [0.25, 0.3) is 5.91 Å². The van der Waals surface area contributed by atoms with E-state index in [9.17, 15) is 9.59 Å². The predicted molar refractivity (Wildman–Crippen MR) is 106 cm³/mol. The second kappa shape index (κ2) is 8.99. The van der Waals surface area contributed by atoms with Crippen LogP contribution in [0.15, 0.2) is 73.3 Å². The third kappa shape index (κ3) is 5.07. The second-order valence-electron chi connectivity index (χ2n) is 6.70. The van der Waals surface area contributed by atoms with Crippen LogP contribution in [0.3, 0.4) is 0 Å². The molecule has 6 heteroatoms. The molecule has 0 radical (unpaired) electrons. The molecule has 0 aliphatic carbocycles. The number of aromatic nitrogens is 2. The highest BCUT2D eigenvalue weighted by molar-refractivity contribution is 5.94. The standard InChI is InChI=1S/C22H23N3O3/c1-16(2)28-21(26)14-20(17-6-4-3-5-7-17)24-22(27)18-8-10-19(11-9-18)25-13-12-23-15-25/h3-13,15-16,20H,14H2,1-2H3,(H,24,27). The van der Waals surface area contributed by atoms with Gasteiger partial charge in [-0.25, -0.2) is 4.98 Å². The number of nitrogens with one attached hydrogen (secondary N) is 1. The van der Waals surface area contributed by atoms with Crippen LogP contribution in [0.1, 0.15) is 42.2 Å². The summed E-state index contributed by atoms with van der Waals surface area (Å²) in [4.78, 5) is 28.9. The molecule has 6 nitrogen and oxygen atoms in total. The third-order valence-electron chi connectivity index (χ3n) is 4.18. The smallest absolute Gasteiger partial charge is 0.308 e. The molecule has 1 heterocycles. The number of hydrogen-bond acceptors (Lipinski definition) is 4. The molecule has 1 amide bonds. The highest BCUT2D eigenvalue weighted by Gasteiger charge is 2.20. The molecule has 2 aromatic carbocycles. The molecule has 1 atom stereocenters. The summed E-state index contributed by atoms with van der Waals surface area (Å²) in [7, 11) is 0. The Kier molecular flexibility index (Phi) is 6.22. The van der Waals surface area contributed by atoms with Gasteiger partial charge < -0.3 is 14.6 Å². The van der Waals surface area contributed by atoms with Gasteiger partial charge in [0.2, 0.25) is 0 Å². The number of ether oxygens (including phenoxy) is 1. The van der Waals surface area contributed by atoms with Crippen LogP contribution in [0.25, 0.3) is 5.69 Å². The average molecular weight is 377 g/mol. The van der Waals surface area contributed by atoms with E-state index < -0.39 is 6.04 Å². The van der Waals surface area contributed by atoms with Gasteiger partial charge in [-0.1, -0.05) is 30.3 Å². The summed E-state index contributed by atoms with van der Waals surface area (Å²) < 4.78 is 7.11. The summed E-state index contributed by atoms with van der Waals surface area (Å²) in [6.45, 7) is 3.60. The normalized spacial score (nSPS) is 11.8. The molecule has 0 saturated carbocycles. The van der Waals surface area contributed by atoms with E-state index in [2.05, 4.69) is 10.3 Å². The Morgan fingerprint density at radius 2 is 1.79 bits per heavy atom. The van der Waals surface area contributed by atoms with Crippen molar-refractivity contribution in [2.45, 2.75) is 32.4 Å². The van der Waals surface area contributed by atoms with E-state index in [4.69, 9.17) is 4.74 Å². The van der Waals surface area contributed by atoms with Crippen LogP contribution in [0.4, 0.5) is 0 Å². The molecule has 1 unspecified atom stereocenters. The Balaban J connectivity index is 1.74. The zero-order valence-electron chi connectivity index (χ0n) is 15.9. The summed E-state index contributed by atoms with van der Waals surface area (Å²) in [6, 6.07) is 16.1. The molecule has 0 bridgehead atoms. The average Bonchev–Trinajstić information content (AvgIpc) is 3.22. The number of carbonyl (C=O) groups excluding carboxylic acids is 2. The maximum absolute atomic E-state index is 12.7. The second-order valence-corrected chi connectivity index (χ2v) is 6.70. The van der Waals surface area contributed by atoms with Crippen molar-refractivity contribution in [1.29, 1.82) is 0 Å². The van der Waals surface area contributed by atoms with E-state index in [1.54, 1.807) is 38.5 Å². The number of imidazole rings is 1. The van der Waals surface area contributed by atoms with Crippen molar-refractivity contribution in [3.63, 3.8) is 0 Å². The van der Waals surface area contributed by atoms with Crippen LogP contribution in [0.2, 0.25) is 0 Å². The van der Waals surface area contributed by atoms with Crippen molar-refractivity contribution in [3.05, 3.63) is 84.4 Å². The lowest BCUT2D eigenvalue weighted by Crippen LogP contribution is -2.31. The van der Waals surface area contributed by atoms with E-state index in [0.29, 0.717) is 5.56 Å². The molecule has 0 aliphatic heterocycles. The van der Waals surface area contributed by atoms with Gasteiger partial charge in [-0.15, -0.1) is 0 Å². The fraction of sp³-hybridized carbons (Fsp3) is 0.227. The van der Waals surface area contributed by atoms with Crippen molar-refractivity contribution < 1.29 is 14.3 Å². The van der Waals surface area contributed by atoms with Crippen molar-refractivity contribution in [2.24, 2.45) is 0 Å². The van der Waals surface area contributed by atoms with Gasteiger partial charge in [-0.05, 0) is 43.7 Å². The first-order valence-electron chi connectivity index (χ1n) is 9.16.